The maximum Gasteiger partial charge on any atom is 0.151 e. The van der Waals surface area contributed by atoms with Gasteiger partial charge in [-0.05, 0) is 134 Å². The van der Waals surface area contributed by atoms with Crippen LogP contribution in [0.25, 0.3) is 34.4 Å². The molecule has 0 saturated carbocycles. The van der Waals surface area contributed by atoms with Crippen LogP contribution in [0.3, 0.4) is 0 Å². The number of hydrogen-bond donors (Lipinski definition) is 0. The topological polar surface area (TPSA) is 24.9 Å². The Bertz CT molecular complexity index is 3050. The lowest BCUT2D eigenvalue weighted by molar-refractivity contribution is 0.476. The summed E-state index contributed by atoms with van der Waals surface area (Å²) in [5.74, 6) is 3.47. The Balaban J connectivity index is 0.875. The minimum Gasteiger partial charge on any atom is -0.453 e. The van der Waals surface area contributed by atoms with Crippen LogP contribution in [0.5, 0.6) is 23.0 Å². The van der Waals surface area contributed by atoms with E-state index in [1.54, 1.807) is 0 Å². The fraction of sp³-hybridized carbons (Fsp3) is 0.0909. The molecule has 0 unspecified atom stereocenters. The van der Waals surface area contributed by atoms with Gasteiger partial charge in [0.1, 0.15) is 8.07 Å². The van der Waals surface area contributed by atoms with Crippen LogP contribution in [0.1, 0.15) is 36.1 Å². The fourth-order valence-corrected chi connectivity index (χ4v) is 13.2. The Morgan fingerprint density at radius 1 is 0.417 bits per heavy atom. The number of rotatable bonds is 4. The molecule has 4 aliphatic rings. The third-order valence-corrected chi connectivity index (χ3v) is 16.8. The summed E-state index contributed by atoms with van der Waals surface area (Å²) in [5.41, 5.74) is 16.7. The Hall–Kier alpha value is -7.08. The molecule has 12 rings (SSSR count). The Labute approximate surface area is 352 Å². The molecule has 3 heterocycles. The number of anilines is 6. The molecule has 8 aromatic rings. The van der Waals surface area contributed by atoms with E-state index < -0.39 is 8.07 Å². The summed E-state index contributed by atoms with van der Waals surface area (Å²) in [6, 6.07) is 61.4. The van der Waals surface area contributed by atoms with Crippen LogP contribution >= 0.6 is 0 Å². The van der Waals surface area contributed by atoms with Gasteiger partial charge in [-0.15, -0.1) is 0 Å². The minimum absolute atomic E-state index is 0.178. The lowest BCUT2D eigenvalue weighted by Gasteiger charge is -2.33. The first-order valence-corrected chi connectivity index (χ1v) is 23.8. The van der Waals surface area contributed by atoms with Crippen LogP contribution in [0.2, 0.25) is 13.1 Å². The van der Waals surface area contributed by atoms with Gasteiger partial charge >= 0.3 is 0 Å². The van der Waals surface area contributed by atoms with Crippen molar-refractivity contribution in [3.05, 3.63) is 192 Å². The first-order chi connectivity index (χ1) is 29.2. The van der Waals surface area contributed by atoms with Crippen LogP contribution in [-0.2, 0) is 5.41 Å². The zero-order chi connectivity index (χ0) is 40.3. The highest BCUT2D eigenvalue weighted by Gasteiger charge is 2.39. The molecule has 0 spiro atoms. The lowest BCUT2D eigenvalue weighted by Crippen LogP contribution is -2.49. The van der Waals surface area contributed by atoms with Gasteiger partial charge in [0.05, 0.1) is 22.7 Å². The van der Waals surface area contributed by atoms with Crippen molar-refractivity contribution in [3.8, 4) is 45.3 Å². The third-order valence-electron chi connectivity index (χ3n) is 13.2. The van der Waals surface area contributed by atoms with E-state index in [1.165, 1.54) is 54.9 Å². The Kier molecular flexibility index (Phi) is 7.39. The average molecular weight is 791 g/mol. The molecule has 5 heteroatoms. The van der Waals surface area contributed by atoms with Crippen LogP contribution < -0.4 is 29.6 Å². The SMILES string of the molecule is CC1(C)c2cc(C=Cc3ccc4c(c3)-c3cc(N5c6ccccc6Oc6ccccc65)ccc3[Si]4(C)C)ccc2-c2ccc(N3c4ccccc4Oc4ccccc43)cc21. The molecule has 0 atom stereocenters. The summed E-state index contributed by atoms with van der Waals surface area (Å²) in [6.07, 6.45) is 4.57. The Morgan fingerprint density at radius 2 is 0.817 bits per heavy atom. The smallest absolute Gasteiger partial charge is 0.151 e. The summed E-state index contributed by atoms with van der Waals surface area (Å²) in [4.78, 5) is 4.68. The van der Waals surface area contributed by atoms with E-state index in [1.807, 2.05) is 36.4 Å². The van der Waals surface area contributed by atoms with E-state index in [4.69, 9.17) is 9.47 Å². The molecule has 288 valence electrons. The van der Waals surface area contributed by atoms with Crippen molar-refractivity contribution in [2.45, 2.75) is 32.4 Å². The van der Waals surface area contributed by atoms with E-state index in [9.17, 15) is 0 Å². The predicted octanol–water partition coefficient (Wildman–Crippen LogP) is 14.1. The highest BCUT2D eigenvalue weighted by atomic mass is 28.3. The number of fused-ring (bicyclic) bond motifs is 10. The number of hydrogen-bond acceptors (Lipinski definition) is 4. The van der Waals surface area contributed by atoms with Gasteiger partial charge in [-0.25, -0.2) is 0 Å². The zero-order valence-corrected chi connectivity index (χ0v) is 35.0. The summed E-state index contributed by atoms with van der Waals surface area (Å²) < 4.78 is 12.7. The highest BCUT2D eigenvalue weighted by molar-refractivity contribution is 7.03. The van der Waals surface area contributed by atoms with Gasteiger partial charge < -0.3 is 19.3 Å². The molecule has 1 aliphatic carbocycles. The first kappa shape index (κ1) is 34.9. The van der Waals surface area contributed by atoms with Crippen molar-refractivity contribution in [2.24, 2.45) is 0 Å². The largest absolute Gasteiger partial charge is 0.453 e. The van der Waals surface area contributed by atoms with Crippen LogP contribution in [0, 0.1) is 0 Å². The van der Waals surface area contributed by atoms with E-state index in [-0.39, 0.29) is 5.41 Å². The van der Waals surface area contributed by atoms with Gasteiger partial charge in [-0.2, -0.15) is 0 Å². The molecule has 0 amide bonds. The molecule has 0 saturated heterocycles. The van der Waals surface area contributed by atoms with Gasteiger partial charge in [0, 0.05) is 16.8 Å². The van der Waals surface area contributed by atoms with Crippen LogP contribution in [0.4, 0.5) is 34.1 Å². The molecule has 0 radical (unpaired) electrons. The average Bonchev–Trinajstić information content (AvgIpc) is 3.64. The van der Waals surface area contributed by atoms with E-state index in [0.29, 0.717) is 0 Å². The van der Waals surface area contributed by atoms with Gasteiger partial charge in [-0.3, -0.25) is 0 Å². The lowest BCUT2D eigenvalue weighted by atomic mass is 9.81. The molecular formula is C55H42N2O2Si. The molecule has 3 aliphatic heterocycles. The minimum atomic E-state index is -1.89. The summed E-state index contributed by atoms with van der Waals surface area (Å²) in [7, 11) is -1.89. The van der Waals surface area contributed by atoms with Crippen molar-refractivity contribution >= 4 is 64.7 Å². The van der Waals surface area contributed by atoms with Gasteiger partial charge in [0.15, 0.2) is 23.0 Å². The first-order valence-electron chi connectivity index (χ1n) is 20.8. The predicted molar refractivity (Wildman–Crippen MR) is 251 cm³/mol. The Morgan fingerprint density at radius 3 is 1.37 bits per heavy atom. The van der Waals surface area contributed by atoms with E-state index in [0.717, 1.165) is 57.1 Å². The zero-order valence-electron chi connectivity index (χ0n) is 34.0. The van der Waals surface area contributed by atoms with Crippen molar-refractivity contribution in [2.75, 3.05) is 9.80 Å². The van der Waals surface area contributed by atoms with Crippen molar-refractivity contribution in [1.29, 1.82) is 0 Å². The van der Waals surface area contributed by atoms with Gasteiger partial charge in [0.25, 0.3) is 0 Å². The number of nitrogens with zero attached hydrogens (tertiary/aromatic N) is 2. The molecule has 0 N–H and O–H groups in total. The molecule has 0 fully saturated rings. The quantitative estimate of drug-likeness (QED) is 0.131. The molecule has 60 heavy (non-hydrogen) atoms. The molecule has 4 nitrogen and oxygen atoms in total. The van der Waals surface area contributed by atoms with Crippen molar-refractivity contribution < 1.29 is 9.47 Å². The van der Waals surface area contributed by atoms with Crippen LogP contribution in [0.15, 0.2) is 170 Å². The summed E-state index contributed by atoms with van der Waals surface area (Å²) in [5, 5.41) is 2.98. The molecular weight excluding hydrogens is 749 g/mol. The standard InChI is InChI=1S/C55H42N2O2Si/c1-55(2)43-32-36(23-27-39(43)40-28-25-38(34-44(40)55)57-47-15-7-11-19-51(47)59-52-20-12-8-16-48(52)57)22-21-35-24-29-53-41(31-35)42-33-37(26-30-54(42)60(53,3)4)56-45-13-5-9-17-49(45)58-50-18-10-6-14-46(50)56/h5-34H,1-4H3. The normalized spacial score (nSPS) is 15.4. The van der Waals surface area contributed by atoms with E-state index >= 15 is 0 Å². The van der Waals surface area contributed by atoms with Crippen molar-refractivity contribution in [3.63, 3.8) is 0 Å². The maximum absolute atomic E-state index is 6.34. The summed E-state index contributed by atoms with van der Waals surface area (Å²) >= 11 is 0. The second kappa shape index (κ2) is 12.7. The maximum atomic E-state index is 6.34. The monoisotopic (exact) mass is 790 g/mol. The fourth-order valence-electron chi connectivity index (χ4n) is 10.2. The molecule has 0 aromatic heterocycles. The molecule has 0 bridgehead atoms. The van der Waals surface area contributed by atoms with Crippen LogP contribution in [-0.4, -0.2) is 8.07 Å². The number of ether oxygens (including phenoxy) is 2. The van der Waals surface area contributed by atoms with Crippen molar-refractivity contribution in [1.82, 2.24) is 0 Å². The highest BCUT2D eigenvalue weighted by Crippen LogP contribution is 2.55. The molecule has 8 aromatic carbocycles. The van der Waals surface area contributed by atoms with E-state index in [2.05, 4.69) is 182 Å². The number of para-hydroxylation sites is 8. The van der Waals surface area contributed by atoms with Gasteiger partial charge in [0.2, 0.25) is 0 Å². The second-order valence-corrected chi connectivity index (χ2v) is 21.7. The van der Waals surface area contributed by atoms with Gasteiger partial charge in [-0.1, -0.05) is 130 Å². The number of benzene rings is 8. The third kappa shape index (κ3) is 5.09. The second-order valence-electron chi connectivity index (χ2n) is 17.4. The summed E-state index contributed by atoms with van der Waals surface area (Å²) in [6.45, 7) is 9.70.